The molecule has 2 aromatic rings. The van der Waals surface area contributed by atoms with Gasteiger partial charge in [0.2, 0.25) is 5.91 Å². The number of rotatable bonds is 10. The van der Waals surface area contributed by atoms with Gasteiger partial charge in [-0.3, -0.25) is 4.79 Å². The Morgan fingerprint density at radius 2 is 1.84 bits per heavy atom. The molecule has 166 valence electrons. The Labute approximate surface area is 187 Å². The normalized spacial score (nSPS) is 12.5. The number of amides is 1. The van der Waals surface area contributed by atoms with E-state index in [2.05, 4.69) is 5.32 Å². The average Bonchev–Trinajstić information content (AvgIpc) is 2.72. The molecule has 0 fully saturated rings. The van der Waals surface area contributed by atoms with E-state index in [-0.39, 0.29) is 25.0 Å². The van der Waals surface area contributed by atoms with Crippen LogP contribution in [0.25, 0.3) is 6.08 Å². The third kappa shape index (κ3) is 7.74. The molecule has 0 aliphatic heterocycles. The number of methoxy groups -OCH3 is 1. The van der Waals surface area contributed by atoms with Crippen LogP contribution in [-0.2, 0) is 27.3 Å². The van der Waals surface area contributed by atoms with E-state index in [1.165, 1.54) is 0 Å². The van der Waals surface area contributed by atoms with Gasteiger partial charge >= 0.3 is 5.97 Å². The first kappa shape index (κ1) is 24.4. The maximum atomic E-state index is 12.5. The van der Waals surface area contributed by atoms with E-state index < -0.39 is 12.1 Å². The molecule has 0 aromatic heterocycles. The SMILES string of the molecule is COc1ccc(CC(OC(C)C)C(=O)O)cc1CNC(=O)/C(C)=C/c1ccc(Cl)cc1. The molecule has 1 unspecified atom stereocenters. The third-order valence-electron chi connectivity index (χ3n) is 4.53. The first-order chi connectivity index (χ1) is 14.7. The van der Waals surface area contributed by atoms with Crippen molar-refractivity contribution < 1.29 is 24.2 Å². The van der Waals surface area contributed by atoms with Crippen LogP contribution < -0.4 is 10.1 Å². The first-order valence-electron chi connectivity index (χ1n) is 9.95. The van der Waals surface area contributed by atoms with E-state index in [0.29, 0.717) is 16.3 Å². The predicted octanol–water partition coefficient (Wildman–Crippen LogP) is 4.49. The van der Waals surface area contributed by atoms with E-state index in [1.807, 2.05) is 18.2 Å². The van der Waals surface area contributed by atoms with E-state index in [1.54, 1.807) is 58.2 Å². The Balaban J connectivity index is 2.10. The predicted molar refractivity (Wildman–Crippen MR) is 121 cm³/mol. The molecule has 31 heavy (non-hydrogen) atoms. The summed E-state index contributed by atoms with van der Waals surface area (Å²) in [4.78, 5) is 24.0. The fraction of sp³-hybridized carbons (Fsp3) is 0.333. The van der Waals surface area contributed by atoms with Gasteiger partial charge in [-0.1, -0.05) is 35.9 Å². The summed E-state index contributed by atoms with van der Waals surface area (Å²) in [6, 6.07) is 12.6. The molecular formula is C24H28ClNO5. The highest BCUT2D eigenvalue weighted by Gasteiger charge is 2.21. The van der Waals surface area contributed by atoms with Crippen LogP contribution >= 0.6 is 11.6 Å². The van der Waals surface area contributed by atoms with Crippen LogP contribution in [0, 0.1) is 0 Å². The molecular weight excluding hydrogens is 418 g/mol. The molecule has 1 amide bonds. The van der Waals surface area contributed by atoms with Crippen molar-refractivity contribution in [3.8, 4) is 5.75 Å². The van der Waals surface area contributed by atoms with Crippen molar-refractivity contribution in [2.24, 2.45) is 0 Å². The summed E-state index contributed by atoms with van der Waals surface area (Å²) in [5.74, 6) is -0.615. The average molecular weight is 446 g/mol. The number of carboxylic acids is 1. The molecule has 0 spiro atoms. The molecule has 2 N–H and O–H groups in total. The van der Waals surface area contributed by atoms with Gasteiger partial charge in [0.25, 0.3) is 0 Å². The summed E-state index contributed by atoms with van der Waals surface area (Å²) in [5, 5.41) is 12.9. The van der Waals surface area contributed by atoms with Crippen molar-refractivity contribution in [1.29, 1.82) is 0 Å². The van der Waals surface area contributed by atoms with Crippen LogP contribution in [0.2, 0.25) is 5.02 Å². The highest BCUT2D eigenvalue weighted by atomic mass is 35.5. The summed E-state index contributed by atoms with van der Waals surface area (Å²) < 4.78 is 10.9. The summed E-state index contributed by atoms with van der Waals surface area (Å²) in [5.41, 5.74) is 2.96. The van der Waals surface area contributed by atoms with E-state index >= 15 is 0 Å². The van der Waals surface area contributed by atoms with Gasteiger partial charge in [-0.05, 0) is 56.2 Å². The molecule has 0 aliphatic rings. The largest absolute Gasteiger partial charge is 0.496 e. The van der Waals surface area contributed by atoms with Crippen molar-refractivity contribution in [3.05, 3.63) is 69.8 Å². The molecule has 7 heteroatoms. The van der Waals surface area contributed by atoms with Gasteiger partial charge in [0.15, 0.2) is 6.10 Å². The standard InChI is InChI=1S/C24H28ClNO5/c1-15(2)31-22(24(28)29)13-18-7-10-21(30-4)19(12-18)14-26-23(27)16(3)11-17-5-8-20(25)9-6-17/h5-12,15,22H,13-14H2,1-4H3,(H,26,27)(H,28,29)/b16-11+. The van der Waals surface area contributed by atoms with Crippen LogP contribution in [0.5, 0.6) is 5.75 Å². The van der Waals surface area contributed by atoms with Crippen molar-refractivity contribution in [2.75, 3.05) is 7.11 Å². The van der Waals surface area contributed by atoms with Crippen molar-refractivity contribution in [3.63, 3.8) is 0 Å². The van der Waals surface area contributed by atoms with Crippen molar-refractivity contribution in [2.45, 2.75) is 45.9 Å². The number of carbonyl (C=O) groups excluding carboxylic acids is 1. The minimum absolute atomic E-state index is 0.200. The molecule has 0 heterocycles. The van der Waals surface area contributed by atoms with Gasteiger partial charge in [-0.15, -0.1) is 0 Å². The lowest BCUT2D eigenvalue weighted by Crippen LogP contribution is -2.29. The highest BCUT2D eigenvalue weighted by Crippen LogP contribution is 2.22. The van der Waals surface area contributed by atoms with Crippen LogP contribution in [0.1, 0.15) is 37.5 Å². The Morgan fingerprint density at radius 3 is 2.42 bits per heavy atom. The summed E-state index contributed by atoms with van der Waals surface area (Å²) in [7, 11) is 1.55. The van der Waals surface area contributed by atoms with Crippen LogP contribution in [0.15, 0.2) is 48.0 Å². The summed E-state index contributed by atoms with van der Waals surface area (Å²) in [6.07, 6.45) is 0.849. The number of ether oxygens (including phenoxy) is 2. The van der Waals surface area contributed by atoms with Gasteiger partial charge in [-0.25, -0.2) is 4.79 Å². The maximum absolute atomic E-state index is 12.5. The number of hydrogen-bond acceptors (Lipinski definition) is 4. The number of halogens is 1. The molecule has 1 atom stereocenters. The highest BCUT2D eigenvalue weighted by molar-refractivity contribution is 6.30. The van der Waals surface area contributed by atoms with Gasteiger partial charge in [0.1, 0.15) is 5.75 Å². The Morgan fingerprint density at radius 1 is 1.16 bits per heavy atom. The lowest BCUT2D eigenvalue weighted by atomic mass is 10.0. The number of carbonyl (C=O) groups is 2. The quantitative estimate of drug-likeness (QED) is 0.526. The van der Waals surface area contributed by atoms with Crippen LogP contribution in [-0.4, -0.2) is 36.3 Å². The van der Waals surface area contributed by atoms with Gasteiger partial charge in [0, 0.05) is 29.1 Å². The molecule has 0 aliphatic carbocycles. The van der Waals surface area contributed by atoms with E-state index in [9.17, 15) is 14.7 Å². The lowest BCUT2D eigenvalue weighted by Gasteiger charge is -2.18. The topological polar surface area (TPSA) is 84.9 Å². The summed E-state index contributed by atoms with van der Waals surface area (Å²) in [6.45, 7) is 5.57. The van der Waals surface area contributed by atoms with E-state index in [4.69, 9.17) is 21.1 Å². The number of carboxylic acid groups (broad SMARTS) is 1. The van der Waals surface area contributed by atoms with Gasteiger partial charge in [0.05, 0.1) is 13.2 Å². The smallest absolute Gasteiger partial charge is 0.333 e. The summed E-state index contributed by atoms with van der Waals surface area (Å²) >= 11 is 5.89. The third-order valence-corrected chi connectivity index (χ3v) is 4.78. The molecule has 0 saturated carbocycles. The zero-order chi connectivity index (χ0) is 23.0. The molecule has 2 aromatic carbocycles. The number of benzene rings is 2. The van der Waals surface area contributed by atoms with Crippen LogP contribution in [0.4, 0.5) is 0 Å². The minimum atomic E-state index is -1.01. The fourth-order valence-electron chi connectivity index (χ4n) is 3.02. The first-order valence-corrected chi connectivity index (χ1v) is 10.3. The number of nitrogens with one attached hydrogen (secondary N) is 1. The van der Waals surface area contributed by atoms with Gasteiger partial charge in [-0.2, -0.15) is 0 Å². The Bertz CT molecular complexity index is 937. The monoisotopic (exact) mass is 445 g/mol. The zero-order valence-electron chi connectivity index (χ0n) is 18.1. The second-order valence-electron chi connectivity index (χ2n) is 7.42. The second kappa shape index (κ2) is 11.5. The Kier molecular flexibility index (Phi) is 9.09. The Hall–Kier alpha value is -2.83. The second-order valence-corrected chi connectivity index (χ2v) is 7.86. The van der Waals surface area contributed by atoms with Gasteiger partial charge < -0.3 is 19.9 Å². The fourth-order valence-corrected chi connectivity index (χ4v) is 3.15. The zero-order valence-corrected chi connectivity index (χ0v) is 18.9. The molecule has 0 saturated heterocycles. The molecule has 2 rings (SSSR count). The van der Waals surface area contributed by atoms with E-state index in [0.717, 1.165) is 16.7 Å². The van der Waals surface area contributed by atoms with Crippen molar-refractivity contribution >= 4 is 29.6 Å². The minimum Gasteiger partial charge on any atom is -0.496 e. The molecule has 0 bridgehead atoms. The lowest BCUT2D eigenvalue weighted by molar-refractivity contribution is -0.153. The molecule has 0 radical (unpaired) electrons. The molecule has 6 nitrogen and oxygen atoms in total. The van der Waals surface area contributed by atoms with Crippen molar-refractivity contribution in [1.82, 2.24) is 5.32 Å². The number of hydrogen-bond donors (Lipinski definition) is 2. The number of aliphatic carboxylic acids is 1. The maximum Gasteiger partial charge on any atom is 0.333 e. The van der Waals surface area contributed by atoms with Crippen LogP contribution in [0.3, 0.4) is 0 Å².